The Balaban J connectivity index is 1.91. The van der Waals surface area contributed by atoms with Crippen LogP contribution in [0.4, 0.5) is 11.5 Å². The van der Waals surface area contributed by atoms with Crippen LogP contribution in [0.3, 0.4) is 0 Å². The molecular formula is C12H15N3O5. The van der Waals surface area contributed by atoms with E-state index in [2.05, 4.69) is 10.3 Å². The number of nitrogens with zero attached hydrogens (tertiary/aromatic N) is 2. The zero-order chi connectivity index (χ0) is 14.5. The summed E-state index contributed by atoms with van der Waals surface area (Å²) < 4.78 is 5.40. The number of nitro groups is 1. The molecule has 0 spiro atoms. The van der Waals surface area contributed by atoms with Crippen molar-refractivity contribution >= 4 is 17.5 Å². The molecule has 1 heterocycles. The molecule has 8 nitrogen and oxygen atoms in total. The average molecular weight is 281 g/mol. The summed E-state index contributed by atoms with van der Waals surface area (Å²) in [6, 6.07) is 0.989. The number of carbonyl (C=O) groups is 1. The van der Waals surface area contributed by atoms with Crippen molar-refractivity contribution in [3.63, 3.8) is 0 Å². The lowest BCUT2D eigenvalue weighted by atomic mass is 10.2. The molecule has 1 aromatic heterocycles. The minimum Gasteiger partial charge on any atom is -0.478 e. The Kier molecular flexibility index (Phi) is 4.46. The van der Waals surface area contributed by atoms with Crippen molar-refractivity contribution in [1.82, 2.24) is 4.98 Å². The first kappa shape index (κ1) is 14.2. The van der Waals surface area contributed by atoms with Crippen molar-refractivity contribution in [3.05, 3.63) is 27.9 Å². The summed E-state index contributed by atoms with van der Waals surface area (Å²) in [5.74, 6) is -0.484. The van der Waals surface area contributed by atoms with Crippen LogP contribution in [0, 0.1) is 16.0 Å². The number of hydrogen-bond acceptors (Lipinski definition) is 6. The highest BCUT2D eigenvalue weighted by molar-refractivity contribution is 5.93. The van der Waals surface area contributed by atoms with E-state index in [-0.39, 0.29) is 17.1 Å². The molecule has 0 radical (unpaired) electrons. The number of rotatable bonds is 8. The highest BCUT2D eigenvalue weighted by Crippen LogP contribution is 2.28. The average Bonchev–Trinajstić information content (AvgIpc) is 3.22. The zero-order valence-corrected chi connectivity index (χ0v) is 10.7. The summed E-state index contributed by atoms with van der Waals surface area (Å²) >= 11 is 0. The van der Waals surface area contributed by atoms with Crippen molar-refractivity contribution in [2.24, 2.45) is 5.92 Å². The predicted octanol–water partition coefficient (Wildman–Crippen LogP) is 1.53. The number of aromatic carboxylic acids is 1. The van der Waals surface area contributed by atoms with Crippen LogP contribution in [0.5, 0.6) is 0 Å². The first-order valence-electron chi connectivity index (χ1n) is 6.27. The number of hydrogen-bond donors (Lipinski definition) is 2. The molecule has 1 aliphatic carbocycles. The van der Waals surface area contributed by atoms with Gasteiger partial charge in [-0.05, 0) is 18.8 Å². The van der Waals surface area contributed by atoms with Crippen LogP contribution in [0.2, 0.25) is 0 Å². The van der Waals surface area contributed by atoms with Crippen molar-refractivity contribution in [2.45, 2.75) is 12.8 Å². The lowest BCUT2D eigenvalue weighted by Crippen LogP contribution is -2.14. The predicted molar refractivity (Wildman–Crippen MR) is 69.9 cm³/mol. The van der Waals surface area contributed by atoms with Crippen molar-refractivity contribution < 1.29 is 19.6 Å². The van der Waals surface area contributed by atoms with Crippen LogP contribution in [-0.2, 0) is 4.74 Å². The zero-order valence-electron chi connectivity index (χ0n) is 10.7. The fourth-order valence-corrected chi connectivity index (χ4v) is 1.63. The molecule has 0 aliphatic heterocycles. The lowest BCUT2D eigenvalue weighted by molar-refractivity contribution is -0.385. The molecule has 108 valence electrons. The Morgan fingerprint density at radius 2 is 2.35 bits per heavy atom. The normalized spacial score (nSPS) is 14.0. The van der Waals surface area contributed by atoms with Gasteiger partial charge in [-0.25, -0.2) is 9.78 Å². The Morgan fingerprint density at radius 1 is 1.60 bits per heavy atom. The number of carboxylic acid groups (broad SMARTS) is 1. The smallest absolute Gasteiger partial charge is 0.339 e. The summed E-state index contributed by atoms with van der Waals surface area (Å²) in [5.41, 5.74) is -0.570. The van der Waals surface area contributed by atoms with Crippen molar-refractivity contribution in [2.75, 3.05) is 25.1 Å². The van der Waals surface area contributed by atoms with E-state index in [0.29, 0.717) is 19.1 Å². The third-order valence-electron chi connectivity index (χ3n) is 2.90. The minimum absolute atomic E-state index is 0.109. The van der Waals surface area contributed by atoms with E-state index in [0.717, 1.165) is 18.9 Å². The van der Waals surface area contributed by atoms with E-state index >= 15 is 0 Å². The molecule has 1 fully saturated rings. The Hall–Kier alpha value is -2.22. The van der Waals surface area contributed by atoms with Gasteiger partial charge in [0.15, 0.2) is 0 Å². The second kappa shape index (κ2) is 6.29. The number of aromatic nitrogens is 1. The number of ether oxygens (including phenoxy) is 1. The van der Waals surface area contributed by atoms with Crippen LogP contribution >= 0.6 is 0 Å². The third kappa shape index (κ3) is 3.89. The molecule has 2 N–H and O–H groups in total. The molecule has 0 unspecified atom stereocenters. The summed E-state index contributed by atoms with van der Waals surface area (Å²) in [6.07, 6.45) is 3.45. The van der Waals surface area contributed by atoms with E-state index in [1.807, 2.05) is 0 Å². The first-order chi connectivity index (χ1) is 9.58. The van der Waals surface area contributed by atoms with Gasteiger partial charge in [-0.2, -0.15) is 0 Å². The maximum absolute atomic E-state index is 11.0. The largest absolute Gasteiger partial charge is 0.478 e. The maximum atomic E-state index is 11.0. The quantitative estimate of drug-likeness (QED) is 0.421. The topological polar surface area (TPSA) is 115 Å². The first-order valence-corrected chi connectivity index (χ1v) is 6.27. The molecule has 0 aromatic carbocycles. The second-order valence-electron chi connectivity index (χ2n) is 4.60. The van der Waals surface area contributed by atoms with Gasteiger partial charge in [0.1, 0.15) is 17.6 Å². The summed E-state index contributed by atoms with van der Waals surface area (Å²) in [5, 5.41) is 22.4. The molecule has 20 heavy (non-hydrogen) atoms. The van der Waals surface area contributed by atoms with Crippen LogP contribution < -0.4 is 5.32 Å². The van der Waals surface area contributed by atoms with Crippen LogP contribution in [0.15, 0.2) is 12.3 Å². The molecular weight excluding hydrogens is 266 g/mol. The second-order valence-corrected chi connectivity index (χ2v) is 4.60. The van der Waals surface area contributed by atoms with Gasteiger partial charge in [0, 0.05) is 19.2 Å². The fraction of sp³-hybridized carbons (Fsp3) is 0.500. The number of anilines is 1. The molecule has 0 saturated heterocycles. The fourth-order valence-electron chi connectivity index (χ4n) is 1.63. The van der Waals surface area contributed by atoms with Gasteiger partial charge in [0.2, 0.25) is 0 Å². The van der Waals surface area contributed by atoms with Crippen molar-refractivity contribution in [3.8, 4) is 0 Å². The van der Waals surface area contributed by atoms with Gasteiger partial charge < -0.3 is 15.2 Å². The van der Waals surface area contributed by atoms with Crippen LogP contribution in [0.1, 0.15) is 23.2 Å². The molecule has 0 bridgehead atoms. The van der Waals surface area contributed by atoms with Crippen LogP contribution in [0.25, 0.3) is 0 Å². The Bertz CT molecular complexity index is 516. The summed E-state index contributed by atoms with van der Waals surface area (Å²) in [7, 11) is 0. The molecule has 1 saturated carbocycles. The number of nitrogens with one attached hydrogen (secondary N) is 1. The SMILES string of the molecule is O=C(O)c1cc([N+](=O)[O-])cnc1NCCOCC1CC1. The van der Waals surface area contributed by atoms with E-state index in [9.17, 15) is 14.9 Å². The monoisotopic (exact) mass is 281 g/mol. The number of carboxylic acids is 1. The third-order valence-corrected chi connectivity index (χ3v) is 2.90. The van der Waals surface area contributed by atoms with Crippen molar-refractivity contribution in [1.29, 1.82) is 0 Å². The Morgan fingerprint density at radius 3 is 2.95 bits per heavy atom. The maximum Gasteiger partial charge on any atom is 0.339 e. The number of pyridine rings is 1. The lowest BCUT2D eigenvalue weighted by Gasteiger charge is -2.08. The molecule has 0 amide bonds. The molecule has 1 aromatic rings. The Labute approximate surface area is 114 Å². The van der Waals surface area contributed by atoms with Gasteiger partial charge in [-0.3, -0.25) is 10.1 Å². The van der Waals surface area contributed by atoms with Crippen LogP contribution in [-0.4, -0.2) is 40.7 Å². The molecule has 8 heteroatoms. The van der Waals surface area contributed by atoms with E-state index in [1.54, 1.807) is 0 Å². The van der Waals surface area contributed by atoms with Gasteiger partial charge in [-0.15, -0.1) is 0 Å². The van der Waals surface area contributed by atoms with Gasteiger partial charge in [-0.1, -0.05) is 0 Å². The van der Waals surface area contributed by atoms with Gasteiger partial charge in [0.25, 0.3) is 5.69 Å². The standard InChI is InChI=1S/C12H15N3O5/c16-12(17)10-5-9(15(18)19)6-14-11(10)13-3-4-20-7-8-1-2-8/h5-6,8H,1-4,7H2,(H,13,14)(H,16,17). The van der Waals surface area contributed by atoms with Gasteiger partial charge in [0.05, 0.1) is 11.5 Å². The van der Waals surface area contributed by atoms with E-state index < -0.39 is 10.9 Å². The molecule has 0 atom stereocenters. The highest BCUT2D eigenvalue weighted by Gasteiger charge is 2.21. The van der Waals surface area contributed by atoms with Gasteiger partial charge >= 0.3 is 5.97 Å². The summed E-state index contributed by atoms with van der Waals surface area (Å²) in [4.78, 5) is 24.7. The minimum atomic E-state index is -1.26. The molecule has 2 rings (SSSR count). The van der Waals surface area contributed by atoms with E-state index in [4.69, 9.17) is 9.84 Å². The van der Waals surface area contributed by atoms with E-state index in [1.165, 1.54) is 12.8 Å². The molecule has 1 aliphatic rings. The summed E-state index contributed by atoms with van der Waals surface area (Å²) in [6.45, 7) is 1.56. The highest BCUT2D eigenvalue weighted by atomic mass is 16.6.